The van der Waals surface area contributed by atoms with Crippen LogP contribution in [-0.2, 0) is 6.42 Å². The Bertz CT molecular complexity index is 429. The lowest BCUT2D eigenvalue weighted by molar-refractivity contribution is 0.0700. The number of aliphatic hydroxyl groups excluding tert-OH is 1. The number of hydrogen-bond acceptors (Lipinski definition) is 4. The zero-order valence-electron chi connectivity index (χ0n) is 12.6. The van der Waals surface area contributed by atoms with Crippen LogP contribution in [0.3, 0.4) is 0 Å². The summed E-state index contributed by atoms with van der Waals surface area (Å²) in [4.78, 5) is 2.30. The van der Waals surface area contributed by atoms with Crippen molar-refractivity contribution in [2.24, 2.45) is 0 Å². The zero-order valence-corrected chi connectivity index (χ0v) is 12.6. The Kier molecular flexibility index (Phi) is 6.73. The molecule has 21 heavy (non-hydrogen) atoms. The number of β-amino-alcohol motifs (C(OH)–C–C–N with tert-alkyl or cyclic N) is 1. The molecule has 1 fully saturated rings. The minimum Gasteiger partial charge on any atom is -0.491 e. The van der Waals surface area contributed by atoms with E-state index in [0.29, 0.717) is 13.2 Å². The molecule has 1 aliphatic rings. The number of ether oxygens (including phenoxy) is 1. The number of nitrogens with one attached hydrogen (secondary N) is 1. The molecule has 4 nitrogen and oxygen atoms in total. The van der Waals surface area contributed by atoms with Crippen LogP contribution in [-0.4, -0.2) is 55.4 Å². The number of aliphatic hydroxyl groups is 1. The molecular formula is C17H26N2O2. The highest BCUT2D eigenvalue weighted by atomic mass is 16.5. The molecule has 1 aliphatic heterocycles. The second-order valence-corrected chi connectivity index (χ2v) is 5.47. The van der Waals surface area contributed by atoms with Gasteiger partial charge in [-0.25, -0.2) is 0 Å². The first kappa shape index (κ1) is 16.0. The van der Waals surface area contributed by atoms with E-state index in [1.54, 1.807) is 0 Å². The number of para-hydroxylation sites is 1. The van der Waals surface area contributed by atoms with E-state index in [1.165, 1.54) is 0 Å². The second-order valence-electron chi connectivity index (χ2n) is 5.47. The minimum absolute atomic E-state index is 0.331. The number of allylic oxidation sites excluding steroid dienone is 1. The maximum Gasteiger partial charge on any atom is 0.122 e. The number of rotatable bonds is 7. The summed E-state index contributed by atoms with van der Waals surface area (Å²) in [6, 6.07) is 7.92. The lowest BCUT2D eigenvalue weighted by atomic mass is 10.1. The van der Waals surface area contributed by atoms with E-state index < -0.39 is 6.10 Å². The first-order chi connectivity index (χ1) is 10.3. The Hall–Kier alpha value is -1.36. The van der Waals surface area contributed by atoms with Gasteiger partial charge in [0.1, 0.15) is 18.5 Å². The van der Waals surface area contributed by atoms with E-state index in [-0.39, 0.29) is 0 Å². The van der Waals surface area contributed by atoms with Crippen LogP contribution in [0.4, 0.5) is 0 Å². The summed E-state index contributed by atoms with van der Waals surface area (Å²) < 4.78 is 5.78. The molecule has 0 amide bonds. The van der Waals surface area contributed by atoms with Gasteiger partial charge in [0.2, 0.25) is 0 Å². The van der Waals surface area contributed by atoms with Crippen LogP contribution >= 0.6 is 0 Å². The SMILES string of the molecule is C=CCc1ccccc1OCC(O)CN1CCCNCC1. The van der Waals surface area contributed by atoms with Crippen molar-refractivity contribution in [2.45, 2.75) is 18.9 Å². The molecule has 4 heteroatoms. The van der Waals surface area contributed by atoms with E-state index in [2.05, 4.69) is 16.8 Å². The highest BCUT2D eigenvalue weighted by Gasteiger charge is 2.14. The molecule has 2 N–H and O–H groups in total. The van der Waals surface area contributed by atoms with Gasteiger partial charge in [0, 0.05) is 19.6 Å². The van der Waals surface area contributed by atoms with E-state index in [0.717, 1.165) is 50.3 Å². The number of hydrogen-bond donors (Lipinski definition) is 2. The van der Waals surface area contributed by atoms with Crippen LogP contribution in [0.2, 0.25) is 0 Å². The molecule has 0 aromatic heterocycles. The summed E-state index contributed by atoms with van der Waals surface area (Å²) in [7, 11) is 0. The second kappa shape index (κ2) is 8.82. The molecule has 0 radical (unpaired) electrons. The monoisotopic (exact) mass is 290 g/mol. The van der Waals surface area contributed by atoms with Crippen molar-refractivity contribution in [3.05, 3.63) is 42.5 Å². The van der Waals surface area contributed by atoms with Crippen molar-refractivity contribution in [1.29, 1.82) is 0 Å². The third-order valence-corrected chi connectivity index (χ3v) is 3.67. The highest BCUT2D eigenvalue weighted by molar-refractivity contribution is 5.34. The van der Waals surface area contributed by atoms with Crippen molar-refractivity contribution in [3.63, 3.8) is 0 Å². The molecule has 1 saturated heterocycles. The van der Waals surface area contributed by atoms with Gasteiger partial charge < -0.3 is 15.2 Å². The van der Waals surface area contributed by atoms with Gasteiger partial charge in [-0.15, -0.1) is 6.58 Å². The normalized spacial score (nSPS) is 18.0. The van der Waals surface area contributed by atoms with Gasteiger partial charge in [-0.2, -0.15) is 0 Å². The molecule has 0 bridgehead atoms. The Morgan fingerprint density at radius 2 is 2.19 bits per heavy atom. The summed E-state index contributed by atoms with van der Waals surface area (Å²) in [5, 5.41) is 13.5. The van der Waals surface area contributed by atoms with Crippen LogP contribution in [0, 0.1) is 0 Å². The highest BCUT2D eigenvalue weighted by Crippen LogP contribution is 2.19. The molecule has 116 valence electrons. The molecule has 1 aromatic rings. The van der Waals surface area contributed by atoms with Crippen molar-refractivity contribution in [1.82, 2.24) is 10.2 Å². The lowest BCUT2D eigenvalue weighted by Gasteiger charge is -2.23. The fraction of sp³-hybridized carbons (Fsp3) is 0.529. The maximum atomic E-state index is 10.2. The molecule has 0 spiro atoms. The zero-order chi connectivity index (χ0) is 14.9. The van der Waals surface area contributed by atoms with E-state index in [1.807, 2.05) is 30.3 Å². The smallest absolute Gasteiger partial charge is 0.122 e. The molecule has 0 saturated carbocycles. The third kappa shape index (κ3) is 5.50. The molecular weight excluding hydrogens is 264 g/mol. The molecule has 1 heterocycles. The first-order valence-corrected chi connectivity index (χ1v) is 7.72. The summed E-state index contributed by atoms with van der Waals surface area (Å²) in [5.74, 6) is 0.842. The van der Waals surface area contributed by atoms with Gasteiger partial charge in [0.15, 0.2) is 0 Å². The van der Waals surface area contributed by atoms with Crippen LogP contribution < -0.4 is 10.1 Å². The largest absolute Gasteiger partial charge is 0.491 e. The van der Waals surface area contributed by atoms with Gasteiger partial charge in [-0.1, -0.05) is 24.3 Å². The summed E-state index contributed by atoms with van der Waals surface area (Å²) in [6.07, 6.45) is 3.32. The van der Waals surface area contributed by atoms with E-state index >= 15 is 0 Å². The van der Waals surface area contributed by atoms with Crippen LogP contribution in [0.25, 0.3) is 0 Å². The van der Waals surface area contributed by atoms with E-state index in [4.69, 9.17) is 4.74 Å². The molecule has 1 aromatic carbocycles. The molecule has 1 atom stereocenters. The average Bonchev–Trinajstić information content (AvgIpc) is 2.75. The van der Waals surface area contributed by atoms with Crippen molar-refractivity contribution in [3.8, 4) is 5.75 Å². The fourth-order valence-corrected chi connectivity index (χ4v) is 2.59. The van der Waals surface area contributed by atoms with Crippen molar-refractivity contribution < 1.29 is 9.84 Å². The number of nitrogens with zero attached hydrogens (tertiary/aromatic N) is 1. The fourth-order valence-electron chi connectivity index (χ4n) is 2.59. The predicted octanol–water partition coefficient (Wildman–Crippen LogP) is 1.45. The maximum absolute atomic E-state index is 10.2. The van der Waals surface area contributed by atoms with Crippen LogP contribution in [0.5, 0.6) is 5.75 Å². The average molecular weight is 290 g/mol. The first-order valence-electron chi connectivity index (χ1n) is 7.72. The van der Waals surface area contributed by atoms with Gasteiger partial charge in [-0.3, -0.25) is 4.90 Å². The quantitative estimate of drug-likeness (QED) is 0.746. The molecule has 1 unspecified atom stereocenters. The van der Waals surface area contributed by atoms with Crippen molar-refractivity contribution in [2.75, 3.05) is 39.3 Å². The molecule has 0 aliphatic carbocycles. The van der Waals surface area contributed by atoms with E-state index in [9.17, 15) is 5.11 Å². The van der Waals surface area contributed by atoms with Crippen LogP contribution in [0.15, 0.2) is 36.9 Å². The van der Waals surface area contributed by atoms with Crippen LogP contribution in [0.1, 0.15) is 12.0 Å². The van der Waals surface area contributed by atoms with Gasteiger partial charge >= 0.3 is 0 Å². The summed E-state index contributed by atoms with van der Waals surface area (Å²) in [6.45, 7) is 8.86. The third-order valence-electron chi connectivity index (χ3n) is 3.67. The lowest BCUT2D eigenvalue weighted by Crippen LogP contribution is -2.37. The van der Waals surface area contributed by atoms with Crippen molar-refractivity contribution >= 4 is 0 Å². The minimum atomic E-state index is -0.458. The Balaban J connectivity index is 1.80. The Morgan fingerprint density at radius 3 is 3.05 bits per heavy atom. The standard InChI is InChI=1S/C17H26N2O2/c1-2-6-15-7-3-4-8-17(15)21-14-16(20)13-19-11-5-9-18-10-12-19/h2-4,7-8,16,18,20H,1,5-6,9-14H2. The summed E-state index contributed by atoms with van der Waals surface area (Å²) >= 11 is 0. The topological polar surface area (TPSA) is 44.7 Å². The Labute approximate surface area is 127 Å². The predicted molar refractivity (Wildman–Crippen MR) is 85.8 cm³/mol. The number of benzene rings is 1. The molecule has 2 rings (SSSR count). The van der Waals surface area contributed by atoms with Gasteiger partial charge in [-0.05, 0) is 37.6 Å². The summed E-state index contributed by atoms with van der Waals surface area (Å²) in [5.41, 5.74) is 1.11. The van der Waals surface area contributed by atoms with Gasteiger partial charge in [0.25, 0.3) is 0 Å². The Morgan fingerprint density at radius 1 is 1.33 bits per heavy atom. The van der Waals surface area contributed by atoms with Gasteiger partial charge in [0.05, 0.1) is 0 Å².